The summed E-state index contributed by atoms with van der Waals surface area (Å²) in [6.07, 6.45) is 1.69. The Hall–Kier alpha value is -1.43. The van der Waals surface area contributed by atoms with Crippen molar-refractivity contribution in [1.29, 1.82) is 0 Å². The molecular formula is C15H20ClN3O2. The second-order valence-electron chi connectivity index (χ2n) is 4.80. The molecule has 0 aliphatic rings. The molecule has 0 amide bonds. The Morgan fingerprint density at radius 1 is 1.38 bits per heavy atom. The van der Waals surface area contributed by atoms with E-state index in [9.17, 15) is 0 Å². The minimum Gasteiger partial charge on any atom is -0.383 e. The zero-order valence-corrected chi connectivity index (χ0v) is 13.1. The van der Waals surface area contributed by atoms with Crippen LogP contribution in [0.4, 0.5) is 0 Å². The number of nitrogens with zero attached hydrogens (tertiary/aromatic N) is 2. The van der Waals surface area contributed by atoms with Crippen LogP contribution in [0.15, 0.2) is 28.8 Å². The minimum absolute atomic E-state index is 0.162. The van der Waals surface area contributed by atoms with Crippen molar-refractivity contribution >= 4 is 11.6 Å². The molecule has 0 bridgehead atoms. The smallest absolute Gasteiger partial charge is 0.228 e. The molecular weight excluding hydrogens is 290 g/mol. The second kappa shape index (κ2) is 8.12. The Bertz CT molecular complexity index is 559. The van der Waals surface area contributed by atoms with Crippen LogP contribution < -0.4 is 5.32 Å². The molecule has 114 valence electrons. The Balaban J connectivity index is 2.06. The van der Waals surface area contributed by atoms with Gasteiger partial charge in [0.05, 0.1) is 11.6 Å². The van der Waals surface area contributed by atoms with Crippen molar-refractivity contribution in [3.8, 4) is 11.4 Å². The Labute approximate surface area is 129 Å². The molecule has 0 saturated heterocycles. The molecule has 0 aliphatic heterocycles. The molecule has 0 radical (unpaired) electrons. The summed E-state index contributed by atoms with van der Waals surface area (Å²) in [5, 5.41) is 8.02. The standard InChI is InChI=1S/C15H20ClN3O2/c1-3-8-17-11(10-20-2)9-14-18-15(19-21-14)12-6-4-5-7-13(12)16/h4-7,11,17H,3,8-10H2,1-2H3. The van der Waals surface area contributed by atoms with Gasteiger partial charge < -0.3 is 14.6 Å². The first-order valence-electron chi connectivity index (χ1n) is 7.04. The first kappa shape index (κ1) is 15.9. The molecule has 5 nitrogen and oxygen atoms in total. The van der Waals surface area contributed by atoms with Crippen molar-refractivity contribution in [2.45, 2.75) is 25.8 Å². The molecule has 1 aromatic heterocycles. The van der Waals surface area contributed by atoms with Gasteiger partial charge in [-0.05, 0) is 25.1 Å². The zero-order chi connectivity index (χ0) is 15.1. The number of methoxy groups -OCH3 is 1. The molecule has 21 heavy (non-hydrogen) atoms. The van der Waals surface area contributed by atoms with E-state index in [-0.39, 0.29) is 6.04 Å². The number of aromatic nitrogens is 2. The van der Waals surface area contributed by atoms with Crippen molar-refractivity contribution < 1.29 is 9.26 Å². The molecule has 0 spiro atoms. The van der Waals surface area contributed by atoms with E-state index in [1.807, 2.05) is 24.3 Å². The minimum atomic E-state index is 0.162. The highest BCUT2D eigenvalue weighted by molar-refractivity contribution is 6.33. The van der Waals surface area contributed by atoms with E-state index < -0.39 is 0 Å². The van der Waals surface area contributed by atoms with Crippen LogP contribution in [0.5, 0.6) is 0 Å². The molecule has 0 fully saturated rings. The van der Waals surface area contributed by atoms with Gasteiger partial charge in [-0.1, -0.05) is 35.8 Å². The summed E-state index contributed by atoms with van der Waals surface area (Å²) in [4.78, 5) is 4.41. The van der Waals surface area contributed by atoms with E-state index in [0.717, 1.165) is 18.5 Å². The molecule has 6 heteroatoms. The lowest BCUT2D eigenvalue weighted by atomic mass is 10.2. The molecule has 1 unspecified atom stereocenters. The lowest BCUT2D eigenvalue weighted by Crippen LogP contribution is -2.35. The third-order valence-corrected chi connectivity index (χ3v) is 3.38. The predicted octanol–water partition coefficient (Wildman–Crippen LogP) is 2.95. The fraction of sp³-hybridized carbons (Fsp3) is 0.467. The maximum atomic E-state index is 6.14. The van der Waals surface area contributed by atoms with Crippen molar-refractivity contribution in [3.05, 3.63) is 35.2 Å². The summed E-state index contributed by atoms with van der Waals surface area (Å²) in [6.45, 7) is 3.66. The number of halogens is 1. The average molecular weight is 310 g/mol. The molecule has 0 aliphatic carbocycles. The first-order chi connectivity index (χ1) is 10.2. The average Bonchev–Trinajstić information content (AvgIpc) is 2.94. The van der Waals surface area contributed by atoms with Gasteiger partial charge in [-0.2, -0.15) is 4.98 Å². The second-order valence-corrected chi connectivity index (χ2v) is 5.21. The lowest BCUT2D eigenvalue weighted by Gasteiger charge is -2.15. The van der Waals surface area contributed by atoms with Crippen molar-refractivity contribution in [2.24, 2.45) is 0 Å². The highest BCUT2D eigenvalue weighted by Crippen LogP contribution is 2.24. The van der Waals surface area contributed by atoms with E-state index in [1.165, 1.54) is 0 Å². The van der Waals surface area contributed by atoms with Crippen molar-refractivity contribution in [3.63, 3.8) is 0 Å². The van der Waals surface area contributed by atoms with Gasteiger partial charge in [-0.15, -0.1) is 0 Å². The van der Waals surface area contributed by atoms with Gasteiger partial charge in [0.2, 0.25) is 11.7 Å². The van der Waals surface area contributed by atoms with E-state index in [4.69, 9.17) is 20.9 Å². The number of ether oxygens (including phenoxy) is 1. The van der Waals surface area contributed by atoms with Gasteiger partial charge in [-0.3, -0.25) is 0 Å². The maximum absolute atomic E-state index is 6.14. The summed E-state index contributed by atoms with van der Waals surface area (Å²) in [7, 11) is 1.68. The number of rotatable bonds is 8. The van der Waals surface area contributed by atoms with E-state index in [1.54, 1.807) is 7.11 Å². The number of nitrogens with one attached hydrogen (secondary N) is 1. The third kappa shape index (κ3) is 4.52. The zero-order valence-electron chi connectivity index (χ0n) is 12.3. The van der Waals surface area contributed by atoms with Gasteiger partial charge in [0.25, 0.3) is 0 Å². The van der Waals surface area contributed by atoms with Crippen LogP contribution in [0.3, 0.4) is 0 Å². The SMILES string of the molecule is CCCNC(COC)Cc1nc(-c2ccccc2Cl)no1. The summed E-state index contributed by atoms with van der Waals surface area (Å²) in [6, 6.07) is 7.61. The first-order valence-corrected chi connectivity index (χ1v) is 7.42. The molecule has 1 atom stereocenters. The van der Waals surface area contributed by atoms with Crippen LogP contribution >= 0.6 is 11.6 Å². The highest BCUT2D eigenvalue weighted by Gasteiger charge is 2.16. The van der Waals surface area contributed by atoms with E-state index in [2.05, 4.69) is 22.4 Å². The van der Waals surface area contributed by atoms with Gasteiger partial charge in [0.15, 0.2) is 0 Å². The van der Waals surface area contributed by atoms with Gasteiger partial charge in [0.1, 0.15) is 0 Å². The number of benzene rings is 1. The Morgan fingerprint density at radius 3 is 2.90 bits per heavy atom. The number of hydrogen-bond donors (Lipinski definition) is 1. The normalized spacial score (nSPS) is 12.5. The quantitative estimate of drug-likeness (QED) is 0.812. The molecule has 1 N–H and O–H groups in total. The molecule has 1 aromatic carbocycles. The van der Waals surface area contributed by atoms with Gasteiger partial charge in [0, 0.05) is 25.1 Å². The largest absolute Gasteiger partial charge is 0.383 e. The van der Waals surface area contributed by atoms with Crippen molar-refractivity contribution in [1.82, 2.24) is 15.5 Å². The van der Waals surface area contributed by atoms with Crippen LogP contribution in [0.1, 0.15) is 19.2 Å². The topological polar surface area (TPSA) is 60.2 Å². The van der Waals surface area contributed by atoms with Crippen LogP contribution in [-0.4, -0.2) is 36.4 Å². The third-order valence-electron chi connectivity index (χ3n) is 3.05. The monoisotopic (exact) mass is 309 g/mol. The van der Waals surface area contributed by atoms with Gasteiger partial charge >= 0.3 is 0 Å². The van der Waals surface area contributed by atoms with Crippen LogP contribution in [0.25, 0.3) is 11.4 Å². The summed E-state index contributed by atoms with van der Waals surface area (Å²) >= 11 is 6.14. The maximum Gasteiger partial charge on any atom is 0.228 e. The van der Waals surface area contributed by atoms with Gasteiger partial charge in [-0.25, -0.2) is 0 Å². The predicted molar refractivity (Wildman–Crippen MR) is 82.4 cm³/mol. The van der Waals surface area contributed by atoms with Crippen LogP contribution in [-0.2, 0) is 11.2 Å². The van der Waals surface area contributed by atoms with E-state index >= 15 is 0 Å². The molecule has 2 aromatic rings. The Kier molecular flexibility index (Phi) is 6.17. The fourth-order valence-corrected chi connectivity index (χ4v) is 2.26. The van der Waals surface area contributed by atoms with Crippen molar-refractivity contribution in [2.75, 3.05) is 20.3 Å². The molecule has 0 saturated carbocycles. The highest BCUT2D eigenvalue weighted by atomic mass is 35.5. The number of hydrogen-bond acceptors (Lipinski definition) is 5. The van der Waals surface area contributed by atoms with Crippen LogP contribution in [0.2, 0.25) is 5.02 Å². The summed E-state index contributed by atoms with van der Waals surface area (Å²) in [5.41, 5.74) is 0.777. The fourth-order valence-electron chi connectivity index (χ4n) is 2.04. The lowest BCUT2D eigenvalue weighted by molar-refractivity contribution is 0.161. The molecule has 2 rings (SSSR count). The van der Waals surface area contributed by atoms with Crippen LogP contribution in [0, 0.1) is 0 Å². The van der Waals surface area contributed by atoms with E-state index in [0.29, 0.717) is 29.8 Å². The Morgan fingerprint density at radius 2 is 2.19 bits per heavy atom. The summed E-state index contributed by atoms with van der Waals surface area (Å²) in [5.74, 6) is 1.10. The molecule has 1 heterocycles. The summed E-state index contributed by atoms with van der Waals surface area (Å²) < 4.78 is 10.5.